The fraction of sp³-hybridized carbons (Fsp3) is 0. The molecule has 0 atom stereocenters. The highest BCUT2D eigenvalue weighted by Crippen LogP contribution is 2.26. The molecule has 4 aromatic rings. The summed E-state index contributed by atoms with van der Waals surface area (Å²) in [6.07, 6.45) is 0. The third-order valence-electron chi connectivity index (χ3n) is 3.56. The van der Waals surface area contributed by atoms with Crippen molar-refractivity contribution < 1.29 is 8.42 Å². The van der Waals surface area contributed by atoms with Crippen molar-refractivity contribution in [1.82, 2.24) is 14.4 Å². The number of H-pyrrole nitrogens is 1. The van der Waals surface area contributed by atoms with Gasteiger partial charge >= 0.3 is 5.69 Å². The molecule has 0 amide bonds. The second kappa shape index (κ2) is 4.15. The van der Waals surface area contributed by atoms with Gasteiger partial charge in [0, 0.05) is 0 Å². The first-order chi connectivity index (χ1) is 10.5. The molecule has 0 aliphatic heterocycles. The molecule has 3 N–H and O–H groups in total. The summed E-state index contributed by atoms with van der Waals surface area (Å²) in [5.74, 6) is 0. The number of fused-ring (bicyclic) bond motifs is 5. The second-order valence-electron chi connectivity index (χ2n) is 4.91. The van der Waals surface area contributed by atoms with Crippen LogP contribution in [0.4, 0.5) is 0 Å². The Labute approximate surface area is 124 Å². The van der Waals surface area contributed by atoms with Crippen LogP contribution in [0.5, 0.6) is 0 Å². The fourth-order valence-corrected chi connectivity index (χ4v) is 3.43. The number of nitrogens with zero attached hydrogens (tertiary/aromatic N) is 2. The van der Waals surface area contributed by atoms with E-state index in [9.17, 15) is 13.2 Å². The third kappa shape index (κ3) is 1.68. The zero-order chi connectivity index (χ0) is 15.5. The SMILES string of the molecule is NS(=O)(=O)c1cccc2[nH]c(=O)n3c4ccccc4nc3c12. The second-order valence-corrected chi connectivity index (χ2v) is 6.44. The third-order valence-corrected chi connectivity index (χ3v) is 4.52. The van der Waals surface area contributed by atoms with Crippen molar-refractivity contribution in [1.29, 1.82) is 0 Å². The van der Waals surface area contributed by atoms with Crippen LogP contribution in [0.1, 0.15) is 0 Å². The molecule has 0 unspecified atom stereocenters. The minimum Gasteiger partial charge on any atom is -0.306 e. The molecular formula is C14H10N4O3S. The van der Waals surface area contributed by atoms with Gasteiger partial charge in [0.05, 0.1) is 26.8 Å². The number of primary sulfonamides is 1. The van der Waals surface area contributed by atoms with E-state index < -0.39 is 10.0 Å². The van der Waals surface area contributed by atoms with Crippen LogP contribution in [0.2, 0.25) is 0 Å². The highest BCUT2D eigenvalue weighted by molar-refractivity contribution is 7.89. The minimum atomic E-state index is -3.95. The lowest BCUT2D eigenvalue weighted by Crippen LogP contribution is -2.18. The van der Waals surface area contributed by atoms with Gasteiger partial charge in [-0.1, -0.05) is 18.2 Å². The van der Waals surface area contributed by atoms with Crippen LogP contribution >= 0.6 is 0 Å². The van der Waals surface area contributed by atoms with Crippen LogP contribution in [-0.2, 0) is 10.0 Å². The zero-order valence-corrected chi connectivity index (χ0v) is 12.0. The number of hydrogen-bond donors (Lipinski definition) is 2. The Bertz CT molecular complexity index is 1220. The van der Waals surface area contributed by atoms with Gasteiger partial charge in [-0.2, -0.15) is 0 Å². The minimum absolute atomic E-state index is 0.0680. The molecule has 2 aromatic carbocycles. The monoisotopic (exact) mass is 314 g/mol. The molecular weight excluding hydrogens is 304 g/mol. The van der Waals surface area contributed by atoms with Gasteiger partial charge in [-0.25, -0.2) is 27.7 Å². The summed E-state index contributed by atoms with van der Waals surface area (Å²) in [5, 5.41) is 5.60. The molecule has 0 aliphatic carbocycles. The number of rotatable bonds is 1. The predicted molar refractivity (Wildman–Crippen MR) is 82.2 cm³/mol. The molecule has 2 aromatic heterocycles. The molecule has 2 heterocycles. The first-order valence-corrected chi connectivity index (χ1v) is 7.96. The lowest BCUT2D eigenvalue weighted by Gasteiger charge is -2.05. The molecule has 0 saturated carbocycles. The van der Waals surface area contributed by atoms with E-state index in [0.717, 1.165) is 0 Å². The molecule has 0 bridgehead atoms. The van der Waals surface area contributed by atoms with Gasteiger partial charge in [0.15, 0.2) is 5.65 Å². The zero-order valence-electron chi connectivity index (χ0n) is 11.1. The largest absolute Gasteiger partial charge is 0.332 e. The number of para-hydroxylation sites is 2. The molecule has 110 valence electrons. The van der Waals surface area contributed by atoms with Crippen LogP contribution in [-0.4, -0.2) is 22.8 Å². The lowest BCUT2D eigenvalue weighted by atomic mass is 10.2. The van der Waals surface area contributed by atoms with Crippen molar-refractivity contribution in [3.63, 3.8) is 0 Å². The maximum atomic E-state index is 12.3. The number of benzene rings is 2. The summed E-state index contributed by atoms with van der Waals surface area (Å²) < 4.78 is 25.0. The van der Waals surface area contributed by atoms with E-state index in [1.165, 1.54) is 16.5 Å². The summed E-state index contributed by atoms with van der Waals surface area (Å²) >= 11 is 0. The van der Waals surface area contributed by atoms with Crippen molar-refractivity contribution >= 4 is 37.6 Å². The van der Waals surface area contributed by atoms with Gasteiger partial charge in [-0.3, -0.25) is 0 Å². The van der Waals surface area contributed by atoms with E-state index in [-0.39, 0.29) is 16.2 Å². The van der Waals surface area contributed by atoms with Crippen LogP contribution in [0, 0.1) is 0 Å². The van der Waals surface area contributed by atoms with E-state index >= 15 is 0 Å². The number of nitrogens with one attached hydrogen (secondary N) is 1. The first kappa shape index (κ1) is 13.0. The van der Waals surface area contributed by atoms with Gasteiger partial charge in [-0.15, -0.1) is 0 Å². The quantitative estimate of drug-likeness (QED) is 0.545. The topological polar surface area (TPSA) is 110 Å². The maximum absolute atomic E-state index is 12.3. The van der Waals surface area contributed by atoms with E-state index in [4.69, 9.17) is 5.14 Å². The standard InChI is InChI=1S/C14H10N4O3S/c15-22(20,21)11-7-3-5-9-12(11)13-16-8-4-1-2-6-10(8)18(13)14(19)17-9/h1-7H,(H,17,19)(H2,15,20,21). The highest BCUT2D eigenvalue weighted by Gasteiger charge is 2.18. The molecule has 8 heteroatoms. The maximum Gasteiger partial charge on any atom is 0.332 e. The van der Waals surface area contributed by atoms with Crippen LogP contribution < -0.4 is 10.8 Å². The average Bonchev–Trinajstić information content (AvgIpc) is 2.85. The van der Waals surface area contributed by atoms with Gasteiger partial charge in [0.1, 0.15) is 0 Å². The summed E-state index contributed by atoms with van der Waals surface area (Å²) in [6, 6.07) is 11.6. The Morgan fingerprint density at radius 1 is 1.09 bits per heavy atom. The van der Waals surface area contributed by atoms with E-state index in [1.807, 2.05) is 0 Å². The number of aromatic nitrogens is 3. The van der Waals surface area contributed by atoms with Crippen molar-refractivity contribution in [2.45, 2.75) is 4.90 Å². The first-order valence-electron chi connectivity index (χ1n) is 6.42. The summed E-state index contributed by atoms with van der Waals surface area (Å²) in [4.78, 5) is 19.3. The number of hydrogen-bond acceptors (Lipinski definition) is 4. The lowest BCUT2D eigenvalue weighted by molar-refractivity contribution is 0.598. The Hall–Kier alpha value is -2.71. The normalized spacial score (nSPS) is 12.4. The Morgan fingerprint density at radius 2 is 1.86 bits per heavy atom. The van der Waals surface area contributed by atoms with Crippen molar-refractivity contribution in [2.75, 3.05) is 0 Å². The predicted octanol–water partition coefficient (Wildman–Crippen LogP) is 0.976. The number of imidazole rings is 1. The number of sulfonamides is 1. The molecule has 7 nitrogen and oxygen atoms in total. The fourth-order valence-electron chi connectivity index (χ4n) is 2.67. The molecule has 0 radical (unpaired) electrons. The molecule has 0 spiro atoms. The van der Waals surface area contributed by atoms with Gasteiger partial charge in [0.2, 0.25) is 10.0 Å². The van der Waals surface area contributed by atoms with Crippen LogP contribution in [0.15, 0.2) is 52.2 Å². The van der Waals surface area contributed by atoms with E-state index in [0.29, 0.717) is 21.9 Å². The molecule has 0 fully saturated rings. The van der Waals surface area contributed by atoms with Gasteiger partial charge in [-0.05, 0) is 24.3 Å². The average molecular weight is 314 g/mol. The van der Waals surface area contributed by atoms with E-state index in [2.05, 4.69) is 9.97 Å². The Morgan fingerprint density at radius 3 is 2.64 bits per heavy atom. The molecule has 22 heavy (non-hydrogen) atoms. The van der Waals surface area contributed by atoms with Crippen LogP contribution in [0.3, 0.4) is 0 Å². The van der Waals surface area contributed by atoms with E-state index in [1.54, 1.807) is 30.3 Å². The van der Waals surface area contributed by atoms with Crippen LogP contribution in [0.25, 0.3) is 27.6 Å². The summed E-state index contributed by atoms with van der Waals surface area (Å²) in [7, 11) is -3.95. The molecule has 4 rings (SSSR count). The van der Waals surface area contributed by atoms with Crippen molar-refractivity contribution in [3.05, 3.63) is 52.9 Å². The van der Waals surface area contributed by atoms with Crippen molar-refractivity contribution in [2.24, 2.45) is 5.14 Å². The Kier molecular flexibility index (Phi) is 2.45. The smallest absolute Gasteiger partial charge is 0.306 e. The number of aromatic amines is 1. The van der Waals surface area contributed by atoms with Crippen molar-refractivity contribution in [3.8, 4) is 0 Å². The summed E-state index contributed by atoms with van der Waals surface area (Å²) in [6.45, 7) is 0. The summed E-state index contributed by atoms with van der Waals surface area (Å²) in [5.41, 5.74) is 1.46. The van der Waals surface area contributed by atoms with Gasteiger partial charge in [0.25, 0.3) is 0 Å². The highest BCUT2D eigenvalue weighted by atomic mass is 32.2. The Balaban J connectivity index is 2.40. The van der Waals surface area contributed by atoms with Gasteiger partial charge < -0.3 is 4.98 Å². The number of nitrogens with two attached hydrogens (primary N) is 1. The molecule has 0 aliphatic rings. The molecule has 0 saturated heterocycles.